The van der Waals surface area contributed by atoms with E-state index in [9.17, 15) is 9.18 Å². The van der Waals surface area contributed by atoms with Gasteiger partial charge < -0.3 is 10.2 Å². The van der Waals surface area contributed by atoms with Crippen molar-refractivity contribution in [2.24, 2.45) is 0 Å². The molecule has 0 aromatic heterocycles. The molecule has 1 aliphatic rings. The summed E-state index contributed by atoms with van der Waals surface area (Å²) >= 11 is 1.60. The van der Waals surface area contributed by atoms with Crippen LogP contribution in [-0.2, 0) is 4.79 Å². The minimum atomic E-state index is -0.244. The van der Waals surface area contributed by atoms with E-state index in [1.165, 1.54) is 12.1 Å². The fourth-order valence-corrected chi connectivity index (χ4v) is 3.58. The van der Waals surface area contributed by atoms with Crippen molar-refractivity contribution in [2.45, 2.75) is 24.0 Å². The first-order valence-electron chi connectivity index (χ1n) is 6.62. The number of carbonyl (C=O) groups excluding carboxylic acids is 1. The second kappa shape index (κ2) is 6.39. The number of quaternary nitrogens is 1. The Morgan fingerprint density at radius 3 is 2.95 bits per heavy atom. The van der Waals surface area contributed by atoms with Gasteiger partial charge >= 0.3 is 0 Å². The van der Waals surface area contributed by atoms with Gasteiger partial charge in [0.2, 0.25) is 5.91 Å². The highest BCUT2D eigenvalue weighted by Crippen LogP contribution is 2.42. The lowest BCUT2D eigenvalue weighted by molar-refractivity contribution is -0.627. The lowest BCUT2D eigenvalue weighted by Gasteiger charge is -2.23. The van der Waals surface area contributed by atoms with Gasteiger partial charge in [0.25, 0.3) is 0 Å². The Labute approximate surface area is 117 Å². The molecule has 1 aromatic rings. The third-order valence-corrected chi connectivity index (χ3v) is 4.67. The zero-order valence-electron chi connectivity index (χ0n) is 11.3. The molecule has 19 heavy (non-hydrogen) atoms. The molecule has 0 saturated carbocycles. The molecular weight excluding hydrogens is 263 g/mol. The quantitative estimate of drug-likeness (QED) is 0.829. The first-order valence-corrected chi connectivity index (χ1v) is 7.57. The maximum absolute atomic E-state index is 13.3. The third kappa shape index (κ3) is 3.28. The Morgan fingerprint density at radius 2 is 2.26 bits per heavy atom. The standard InChI is InChI=1S/C14H19FN2OS/c1-10-13(18)17(8-4-7-16-2)14(19-10)11-5-3-6-12(15)9-11/h3,5-6,9-10,14,16H,4,7-8H2,1-2H3/p+1/t10-,14-/m0/s1. The monoisotopic (exact) mass is 283 g/mol. The zero-order valence-corrected chi connectivity index (χ0v) is 12.1. The molecule has 1 heterocycles. The maximum Gasteiger partial charge on any atom is 0.236 e. The molecule has 0 aliphatic carbocycles. The number of nitrogens with two attached hydrogens (primary N) is 1. The summed E-state index contributed by atoms with van der Waals surface area (Å²) in [6, 6.07) is 6.56. The summed E-state index contributed by atoms with van der Waals surface area (Å²) in [4.78, 5) is 14.1. The van der Waals surface area contributed by atoms with Gasteiger partial charge in [-0.25, -0.2) is 4.39 Å². The van der Waals surface area contributed by atoms with Crippen LogP contribution in [0.25, 0.3) is 0 Å². The van der Waals surface area contributed by atoms with E-state index in [2.05, 4.69) is 5.32 Å². The van der Waals surface area contributed by atoms with Gasteiger partial charge in [0.05, 0.1) is 18.8 Å². The highest BCUT2D eigenvalue weighted by atomic mass is 32.2. The molecule has 1 aliphatic heterocycles. The Bertz CT molecular complexity index is 455. The van der Waals surface area contributed by atoms with E-state index in [1.807, 2.05) is 24.9 Å². The maximum atomic E-state index is 13.3. The second-order valence-corrected chi connectivity index (χ2v) is 6.19. The van der Waals surface area contributed by atoms with Crippen LogP contribution in [0, 0.1) is 5.82 Å². The van der Waals surface area contributed by atoms with Gasteiger partial charge in [-0.15, -0.1) is 11.8 Å². The molecule has 0 unspecified atom stereocenters. The van der Waals surface area contributed by atoms with Crippen LogP contribution in [0.5, 0.6) is 0 Å². The van der Waals surface area contributed by atoms with Crippen molar-refractivity contribution in [3.8, 4) is 0 Å². The van der Waals surface area contributed by atoms with Crippen molar-refractivity contribution >= 4 is 17.7 Å². The van der Waals surface area contributed by atoms with Crippen LogP contribution in [0.1, 0.15) is 24.3 Å². The molecule has 1 fully saturated rings. The van der Waals surface area contributed by atoms with Crippen LogP contribution < -0.4 is 5.32 Å². The number of thioether (sulfide) groups is 1. The molecule has 104 valence electrons. The molecule has 2 rings (SSSR count). The van der Waals surface area contributed by atoms with Gasteiger partial charge in [-0.05, 0) is 24.6 Å². The van der Waals surface area contributed by atoms with Crippen LogP contribution in [0.2, 0.25) is 0 Å². The smallest absolute Gasteiger partial charge is 0.236 e. The normalized spacial score (nSPS) is 23.1. The topological polar surface area (TPSA) is 36.9 Å². The van der Waals surface area contributed by atoms with Crippen molar-refractivity contribution in [2.75, 3.05) is 20.1 Å². The molecular formula is C14H20FN2OS+. The first-order chi connectivity index (χ1) is 9.13. The highest BCUT2D eigenvalue weighted by Gasteiger charge is 2.38. The number of halogens is 1. The Hall–Kier alpha value is -1.07. The predicted octanol–water partition coefficient (Wildman–Crippen LogP) is 1.37. The van der Waals surface area contributed by atoms with Crippen LogP contribution in [0.4, 0.5) is 4.39 Å². The summed E-state index contributed by atoms with van der Waals surface area (Å²) in [5, 5.41) is 2.02. The highest BCUT2D eigenvalue weighted by molar-refractivity contribution is 8.01. The van der Waals surface area contributed by atoms with Crippen molar-refractivity contribution < 1.29 is 14.5 Å². The number of nitrogens with zero attached hydrogens (tertiary/aromatic N) is 1. The van der Waals surface area contributed by atoms with Crippen molar-refractivity contribution in [3.63, 3.8) is 0 Å². The van der Waals surface area contributed by atoms with E-state index in [0.29, 0.717) is 0 Å². The molecule has 1 aromatic carbocycles. The fourth-order valence-electron chi connectivity index (χ4n) is 2.29. The number of amides is 1. The summed E-state index contributed by atoms with van der Waals surface area (Å²) in [7, 11) is 2.02. The number of hydrogen-bond donors (Lipinski definition) is 1. The molecule has 0 radical (unpaired) electrons. The van der Waals surface area contributed by atoms with E-state index in [0.717, 1.165) is 25.1 Å². The summed E-state index contributed by atoms with van der Waals surface area (Å²) < 4.78 is 13.3. The minimum Gasteiger partial charge on any atom is -0.349 e. The molecule has 0 spiro atoms. The molecule has 3 nitrogen and oxygen atoms in total. The number of carbonyl (C=O) groups is 1. The van der Waals surface area contributed by atoms with Crippen LogP contribution >= 0.6 is 11.8 Å². The van der Waals surface area contributed by atoms with Crippen LogP contribution in [0.15, 0.2) is 24.3 Å². The summed E-state index contributed by atoms with van der Waals surface area (Å²) in [5.74, 6) is -0.0812. The van der Waals surface area contributed by atoms with Crippen molar-refractivity contribution in [1.29, 1.82) is 0 Å². The minimum absolute atomic E-state index is 0.0427. The van der Waals surface area contributed by atoms with E-state index in [1.54, 1.807) is 17.8 Å². The first kappa shape index (κ1) is 14.3. The Morgan fingerprint density at radius 1 is 1.47 bits per heavy atom. The molecule has 2 atom stereocenters. The average Bonchev–Trinajstić information content (AvgIpc) is 2.67. The Kier molecular flexibility index (Phi) is 4.82. The summed E-state index contributed by atoms with van der Waals surface area (Å²) in [6.07, 6.45) is 0.960. The van der Waals surface area contributed by atoms with E-state index >= 15 is 0 Å². The van der Waals surface area contributed by atoms with Crippen molar-refractivity contribution in [3.05, 3.63) is 35.6 Å². The van der Waals surface area contributed by atoms with Gasteiger partial charge in [0.1, 0.15) is 11.2 Å². The van der Waals surface area contributed by atoms with Gasteiger partial charge in [-0.3, -0.25) is 4.79 Å². The largest absolute Gasteiger partial charge is 0.349 e. The SMILES string of the molecule is C[NH2+]CCCN1C(=O)[C@H](C)S[C@H]1c1cccc(F)c1. The molecule has 0 bridgehead atoms. The third-order valence-electron chi connectivity index (χ3n) is 3.27. The summed E-state index contributed by atoms with van der Waals surface area (Å²) in [5.41, 5.74) is 0.878. The number of benzene rings is 1. The Balaban J connectivity index is 2.15. The van der Waals surface area contributed by atoms with Crippen LogP contribution in [0.3, 0.4) is 0 Å². The van der Waals surface area contributed by atoms with Gasteiger partial charge in [-0.2, -0.15) is 0 Å². The lowest BCUT2D eigenvalue weighted by Crippen LogP contribution is -2.79. The van der Waals surface area contributed by atoms with Gasteiger partial charge in [0.15, 0.2) is 0 Å². The second-order valence-electron chi connectivity index (χ2n) is 4.77. The van der Waals surface area contributed by atoms with Crippen LogP contribution in [-0.4, -0.2) is 36.2 Å². The van der Waals surface area contributed by atoms with Gasteiger partial charge in [-0.1, -0.05) is 12.1 Å². The lowest BCUT2D eigenvalue weighted by atomic mass is 10.2. The van der Waals surface area contributed by atoms with Crippen molar-refractivity contribution in [1.82, 2.24) is 4.90 Å². The molecule has 1 amide bonds. The molecule has 1 saturated heterocycles. The average molecular weight is 283 g/mol. The predicted molar refractivity (Wildman–Crippen MR) is 75.2 cm³/mol. The zero-order chi connectivity index (χ0) is 13.8. The van der Waals surface area contributed by atoms with E-state index in [4.69, 9.17) is 0 Å². The number of hydrogen-bond acceptors (Lipinski definition) is 2. The molecule has 5 heteroatoms. The fraction of sp³-hybridized carbons (Fsp3) is 0.500. The van der Waals surface area contributed by atoms with E-state index in [-0.39, 0.29) is 22.3 Å². The summed E-state index contributed by atoms with van der Waals surface area (Å²) in [6.45, 7) is 3.66. The van der Waals surface area contributed by atoms with Gasteiger partial charge in [0, 0.05) is 13.0 Å². The van der Waals surface area contributed by atoms with E-state index < -0.39 is 0 Å². The molecule has 2 N–H and O–H groups in total. The number of rotatable bonds is 5.